The van der Waals surface area contributed by atoms with E-state index in [4.69, 9.17) is 0 Å². The number of carbonyl (C=O) groups excluding carboxylic acids is 1. The zero-order valence-electron chi connectivity index (χ0n) is 18.2. The minimum Gasteiger partial charge on any atom is -0.388 e. The second-order valence-corrected chi connectivity index (χ2v) is 10.9. The molecule has 0 spiro atoms. The Labute approximate surface area is 191 Å². The van der Waals surface area contributed by atoms with Crippen molar-refractivity contribution in [2.24, 2.45) is 5.92 Å². The predicted molar refractivity (Wildman–Crippen MR) is 123 cm³/mol. The van der Waals surface area contributed by atoms with Crippen molar-refractivity contribution in [2.45, 2.75) is 12.3 Å². The van der Waals surface area contributed by atoms with Gasteiger partial charge in [0.25, 0.3) is 0 Å². The Morgan fingerprint density at radius 3 is 1.73 bits per heavy atom. The number of aliphatic hydroxyl groups is 1. The Bertz CT molecular complexity index is 1070. The Hall–Kier alpha value is -2.89. The van der Waals surface area contributed by atoms with Crippen LogP contribution in [-0.4, -0.2) is 36.2 Å². The number of hydrogen-bond donors (Lipinski definition) is 1. The molecule has 2 atom stereocenters. The summed E-state index contributed by atoms with van der Waals surface area (Å²) in [5.41, 5.74) is -0.705. The summed E-state index contributed by atoms with van der Waals surface area (Å²) < 4.78 is 53.3. The van der Waals surface area contributed by atoms with Gasteiger partial charge < -0.3 is 14.6 Å². The third-order valence-electron chi connectivity index (χ3n) is 5.52. The molecule has 3 aromatic rings. The summed E-state index contributed by atoms with van der Waals surface area (Å²) in [7, 11) is -0.334. The standard InChI is InChI=1S/C25H25F3NO3P/c1-29(2)24(31)22(23(30)18-13-15-19(16-14-18)25(26,27)28)17-33(32,20-9-5-3-6-10-20)21-11-7-4-8-12-21/h3-16,22-23,30H,17H2,1-2H3. The van der Waals surface area contributed by atoms with E-state index in [1.165, 1.54) is 19.0 Å². The van der Waals surface area contributed by atoms with Crippen LogP contribution in [0.3, 0.4) is 0 Å². The third kappa shape index (κ3) is 5.55. The fraction of sp³-hybridized carbons (Fsp3) is 0.240. The fourth-order valence-corrected chi connectivity index (χ4v) is 6.66. The van der Waals surface area contributed by atoms with Gasteiger partial charge in [-0.25, -0.2) is 0 Å². The van der Waals surface area contributed by atoms with Crippen molar-refractivity contribution in [1.82, 2.24) is 4.90 Å². The maximum atomic E-state index is 14.4. The van der Waals surface area contributed by atoms with Crippen LogP contribution in [0.4, 0.5) is 13.2 Å². The quantitative estimate of drug-likeness (QED) is 0.514. The van der Waals surface area contributed by atoms with Gasteiger partial charge in [0.2, 0.25) is 5.91 Å². The monoisotopic (exact) mass is 475 g/mol. The molecule has 0 aliphatic heterocycles. The fourth-order valence-electron chi connectivity index (χ4n) is 3.72. The van der Waals surface area contributed by atoms with Gasteiger partial charge in [-0.3, -0.25) is 4.79 Å². The summed E-state index contributed by atoms with van der Waals surface area (Å²) in [6, 6.07) is 21.5. The lowest BCUT2D eigenvalue weighted by molar-refractivity contribution is -0.138. The van der Waals surface area contributed by atoms with Crippen LogP contribution in [0.25, 0.3) is 0 Å². The van der Waals surface area contributed by atoms with E-state index in [-0.39, 0.29) is 11.7 Å². The molecule has 8 heteroatoms. The van der Waals surface area contributed by atoms with Crippen molar-refractivity contribution in [3.63, 3.8) is 0 Å². The summed E-state index contributed by atoms with van der Waals surface area (Å²) in [5, 5.41) is 12.2. The van der Waals surface area contributed by atoms with Crippen LogP contribution in [0.1, 0.15) is 17.2 Å². The smallest absolute Gasteiger partial charge is 0.388 e. The molecule has 1 N–H and O–H groups in total. The normalized spacial score (nSPS) is 13.9. The average Bonchev–Trinajstić information content (AvgIpc) is 2.82. The first kappa shape index (κ1) is 24.7. The molecule has 33 heavy (non-hydrogen) atoms. The number of benzene rings is 3. The molecule has 0 saturated carbocycles. The number of alkyl halides is 3. The molecular formula is C25H25F3NO3P. The van der Waals surface area contributed by atoms with E-state index in [2.05, 4.69) is 0 Å². The van der Waals surface area contributed by atoms with Gasteiger partial charge >= 0.3 is 6.18 Å². The van der Waals surface area contributed by atoms with Crippen molar-refractivity contribution < 1.29 is 27.6 Å². The zero-order chi connectivity index (χ0) is 24.2. The van der Waals surface area contributed by atoms with E-state index in [9.17, 15) is 27.6 Å². The minimum absolute atomic E-state index is 0.149. The van der Waals surface area contributed by atoms with E-state index in [1.54, 1.807) is 60.7 Å². The predicted octanol–water partition coefficient (Wildman–Crippen LogP) is 4.46. The highest BCUT2D eigenvalue weighted by Gasteiger charge is 2.39. The van der Waals surface area contributed by atoms with E-state index >= 15 is 0 Å². The van der Waals surface area contributed by atoms with Crippen molar-refractivity contribution in [3.8, 4) is 0 Å². The largest absolute Gasteiger partial charge is 0.416 e. The third-order valence-corrected chi connectivity index (χ3v) is 8.69. The van der Waals surface area contributed by atoms with Crippen LogP contribution in [-0.2, 0) is 15.5 Å². The van der Waals surface area contributed by atoms with Gasteiger partial charge in [0, 0.05) is 30.9 Å². The summed E-state index contributed by atoms with van der Waals surface area (Å²) in [6.07, 6.45) is -6.14. The lowest BCUT2D eigenvalue weighted by Crippen LogP contribution is -2.37. The number of amides is 1. The topological polar surface area (TPSA) is 57.6 Å². The molecule has 0 bridgehead atoms. The van der Waals surface area contributed by atoms with E-state index in [1.807, 2.05) is 0 Å². The molecular weight excluding hydrogens is 450 g/mol. The number of halogens is 3. The molecule has 3 rings (SSSR count). The van der Waals surface area contributed by atoms with Crippen molar-refractivity contribution in [2.75, 3.05) is 20.3 Å². The molecule has 174 valence electrons. The Morgan fingerprint density at radius 2 is 1.33 bits per heavy atom. The molecule has 4 nitrogen and oxygen atoms in total. The van der Waals surface area contributed by atoms with Gasteiger partial charge in [-0.15, -0.1) is 0 Å². The molecule has 3 aromatic carbocycles. The highest BCUT2D eigenvalue weighted by atomic mass is 31.2. The highest BCUT2D eigenvalue weighted by molar-refractivity contribution is 7.78. The summed E-state index contributed by atoms with van der Waals surface area (Å²) in [5.74, 6) is -1.60. The average molecular weight is 475 g/mol. The van der Waals surface area contributed by atoms with E-state index in [0.717, 1.165) is 24.3 Å². The van der Waals surface area contributed by atoms with Crippen LogP contribution < -0.4 is 10.6 Å². The first-order valence-electron chi connectivity index (χ1n) is 10.3. The number of aliphatic hydroxyl groups excluding tert-OH is 1. The SMILES string of the molecule is CN(C)C(=O)C(CP(=O)(c1ccccc1)c1ccccc1)C(O)c1ccc(C(F)(F)F)cc1. The van der Waals surface area contributed by atoms with Gasteiger partial charge in [-0.2, -0.15) is 13.2 Å². The summed E-state index contributed by atoms with van der Waals surface area (Å²) in [6.45, 7) is 0. The van der Waals surface area contributed by atoms with Gasteiger partial charge in [-0.1, -0.05) is 72.8 Å². The first-order valence-corrected chi connectivity index (χ1v) is 12.2. The number of carbonyl (C=O) groups is 1. The molecule has 0 radical (unpaired) electrons. The van der Waals surface area contributed by atoms with E-state index < -0.39 is 36.8 Å². The zero-order valence-corrected chi connectivity index (χ0v) is 19.1. The van der Waals surface area contributed by atoms with Gasteiger partial charge in [0.05, 0.1) is 17.6 Å². The molecule has 2 unspecified atom stereocenters. The highest BCUT2D eigenvalue weighted by Crippen LogP contribution is 2.47. The number of rotatable bonds is 7. The maximum absolute atomic E-state index is 14.4. The Kier molecular flexibility index (Phi) is 7.45. The van der Waals surface area contributed by atoms with Gasteiger partial charge in [0.1, 0.15) is 7.14 Å². The van der Waals surface area contributed by atoms with Crippen molar-refractivity contribution >= 4 is 23.7 Å². The molecule has 0 aliphatic rings. The second-order valence-electron chi connectivity index (χ2n) is 8.00. The van der Waals surface area contributed by atoms with Crippen molar-refractivity contribution in [3.05, 3.63) is 96.1 Å². The van der Waals surface area contributed by atoms with Crippen LogP contribution in [0.5, 0.6) is 0 Å². The first-order chi connectivity index (χ1) is 15.5. The van der Waals surface area contributed by atoms with Crippen LogP contribution in [0, 0.1) is 5.92 Å². The van der Waals surface area contributed by atoms with Crippen molar-refractivity contribution in [1.29, 1.82) is 0 Å². The molecule has 0 fully saturated rings. The van der Waals surface area contributed by atoms with Crippen LogP contribution in [0.2, 0.25) is 0 Å². The van der Waals surface area contributed by atoms with Crippen LogP contribution in [0.15, 0.2) is 84.9 Å². The molecule has 1 amide bonds. The Morgan fingerprint density at radius 1 is 0.879 bits per heavy atom. The van der Waals surface area contributed by atoms with Gasteiger partial charge in [0.15, 0.2) is 0 Å². The molecule has 0 heterocycles. The number of nitrogens with zero attached hydrogens (tertiary/aromatic N) is 1. The van der Waals surface area contributed by atoms with Gasteiger partial charge in [-0.05, 0) is 17.7 Å². The lowest BCUT2D eigenvalue weighted by Gasteiger charge is -2.30. The number of hydrogen-bond acceptors (Lipinski definition) is 3. The van der Waals surface area contributed by atoms with Crippen LogP contribution >= 0.6 is 7.14 Å². The summed E-state index contributed by atoms with van der Waals surface area (Å²) >= 11 is 0. The molecule has 0 saturated heterocycles. The minimum atomic E-state index is -4.52. The second kappa shape index (κ2) is 9.94. The molecule has 0 aromatic heterocycles. The summed E-state index contributed by atoms with van der Waals surface area (Å²) in [4.78, 5) is 14.4. The Balaban J connectivity index is 2.06. The molecule has 0 aliphatic carbocycles. The maximum Gasteiger partial charge on any atom is 0.416 e. The lowest BCUT2D eigenvalue weighted by atomic mass is 9.95. The van der Waals surface area contributed by atoms with E-state index in [0.29, 0.717) is 10.6 Å².